The Kier molecular flexibility index (Phi) is 7.42. The van der Waals surface area contributed by atoms with Crippen LogP contribution in [0.5, 0.6) is 0 Å². The Morgan fingerprint density at radius 2 is 0.737 bits per heavy atom. The van der Waals surface area contributed by atoms with E-state index in [-0.39, 0.29) is 6.71 Å². The van der Waals surface area contributed by atoms with E-state index in [1.807, 2.05) is 0 Å². The highest BCUT2D eigenvalue weighted by Crippen LogP contribution is 2.46. The summed E-state index contributed by atoms with van der Waals surface area (Å²) in [4.78, 5) is 9.32. The molecule has 0 spiro atoms. The van der Waals surface area contributed by atoms with Gasteiger partial charge in [-0.25, -0.2) is 0 Å². The minimum atomic E-state index is 0.0305. The third kappa shape index (κ3) is 4.85. The number of fused-ring (bicyclic) bond motifs is 4. The molecule has 0 saturated carbocycles. The molecule has 7 heteroatoms. The molecule has 0 N–H and O–H groups in total. The maximum absolute atomic E-state index is 2.51. The van der Waals surface area contributed by atoms with E-state index < -0.39 is 0 Å². The fraction of sp³-hybridized carbons (Fsp3) is 0.0800. The second-order valence-corrected chi connectivity index (χ2v) is 15.5. The van der Waals surface area contributed by atoms with Gasteiger partial charge in [0.15, 0.2) is 0 Å². The highest BCUT2D eigenvalue weighted by atomic mass is 15.2. The molecule has 11 rings (SSSR count). The number of anilines is 8. The summed E-state index contributed by atoms with van der Waals surface area (Å²) in [5.41, 5.74) is 15.8. The highest BCUT2D eigenvalue weighted by Gasteiger charge is 2.42. The normalized spacial score (nSPS) is 12.2. The Labute approximate surface area is 333 Å². The Morgan fingerprint density at radius 1 is 0.386 bits per heavy atom. The lowest BCUT2D eigenvalue weighted by Gasteiger charge is -2.36. The Balaban J connectivity index is 1.22. The van der Waals surface area contributed by atoms with Gasteiger partial charge in [-0.05, 0) is 101 Å². The molecule has 2 aliphatic rings. The monoisotopic (exact) mass is 736 g/mol. The van der Waals surface area contributed by atoms with E-state index in [9.17, 15) is 0 Å². The average molecular weight is 737 g/mol. The van der Waals surface area contributed by atoms with Crippen LogP contribution >= 0.6 is 0 Å². The maximum Gasteiger partial charge on any atom is 0.252 e. The molecular weight excluding hydrogens is 695 g/mol. The van der Waals surface area contributed by atoms with Crippen LogP contribution in [-0.4, -0.2) is 44.0 Å². The van der Waals surface area contributed by atoms with Crippen LogP contribution < -0.4 is 36.0 Å². The number of hydrogen-bond acceptors (Lipinski definition) is 4. The molecule has 7 aromatic carbocycles. The predicted octanol–water partition coefficient (Wildman–Crippen LogP) is 9.79. The van der Waals surface area contributed by atoms with Gasteiger partial charge in [0.1, 0.15) is 11.6 Å². The number of nitrogens with zero attached hydrogens (tertiary/aromatic N) is 6. The molecule has 4 heterocycles. The summed E-state index contributed by atoms with van der Waals surface area (Å²) in [7, 11) is 8.64. The fourth-order valence-electron chi connectivity index (χ4n) is 9.50. The van der Waals surface area contributed by atoms with Gasteiger partial charge < -0.3 is 19.6 Å². The van der Waals surface area contributed by atoms with Gasteiger partial charge in [-0.15, -0.1) is 0 Å². The molecule has 274 valence electrons. The van der Waals surface area contributed by atoms with Crippen molar-refractivity contribution in [3.63, 3.8) is 0 Å². The zero-order chi connectivity index (χ0) is 38.4. The molecule has 0 unspecified atom stereocenters. The largest absolute Gasteiger partial charge is 0.364 e. The molecule has 9 aromatic rings. The zero-order valence-corrected chi connectivity index (χ0v) is 32.5. The van der Waals surface area contributed by atoms with Crippen LogP contribution in [-0.2, 0) is 0 Å². The lowest BCUT2D eigenvalue weighted by atomic mass is 9.34. The first-order chi connectivity index (χ1) is 28.0. The zero-order valence-electron chi connectivity index (χ0n) is 32.5. The summed E-state index contributed by atoms with van der Waals surface area (Å²) < 4.78 is 5.03. The van der Waals surface area contributed by atoms with E-state index in [1.54, 1.807) is 0 Å². The third-order valence-electron chi connectivity index (χ3n) is 11.8. The van der Waals surface area contributed by atoms with E-state index in [2.05, 4.69) is 233 Å². The topological polar surface area (TPSA) is 22.8 Å². The van der Waals surface area contributed by atoms with E-state index in [0.29, 0.717) is 0 Å². The molecule has 2 aromatic heterocycles. The molecule has 6 nitrogen and oxygen atoms in total. The van der Waals surface area contributed by atoms with Crippen molar-refractivity contribution in [3.8, 4) is 11.4 Å². The molecule has 2 aliphatic heterocycles. The lowest BCUT2D eigenvalue weighted by molar-refractivity contribution is 0.993. The molecule has 0 atom stereocenters. The van der Waals surface area contributed by atoms with Gasteiger partial charge in [0, 0.05) is 73.1 Å². The molecule has 0 fully saturated rings. The van der Waals surface area contributed by atoms with Crippen molar-refractivity contribution in [2.75, 3.05) is 47.8 Å². The van der Waals surface area contributed by atoms with Gasteiger partial charge in [-0.2, -0.15) is 0 Å². The van der Waals surface area contributed by atoms with E-state index in [0.717, 1.165) is 45.8 Å². The van der Waals surface area contributed by atoms with Crippen molar-refractivity contribution in [3.05, 3.63) is 176 Å². The summed E-state index contributed by atoms with van der Waals surface area (Å²) >= 11 is 0. The van der Waals surface area contributed by atoms with Gasteiger partial charge in [0.2, 0.25) is 0 Å². The van der Waals surface area contributed by atoms with E-state index in [4.69, 9.17) is 0 Å². The number of hydrogen-bond donors (Lipinski definition) is 0. The van der Waals surface area contributed by atoms with Crippen molar-refractivity contribution in [1.82, 2.24) is 9.13 Å². The summed E-state index contributed by atoms with van der Waals surface area (Å²) in [6.07, 6.45) is 0. The van der Waals surface area contributed by atoms with Crippen molar-refractivity contribution in [2.24, 2.45) is 0 Å². The Bertz CT molecular complexity index is 2690. The molecular formula is C50H41BN6. The van der Waals surface area contributed by atoms with Crippen LogP contribution in [0.25, 0.3) is 33.2 Å². The van der Waals surface area contributed by atoms with Crippen molar-refractivity contribution in [2.45, 2.75) is 0 Å². The standard InChI is InChI=1S/C50H41BN6/c1-52(2)46-32-38-42(54(34-18-9-5-10-19-34)35-20-11-6-12-21-35)30-28-40-49(38)56(46)44-26-17-27-45-48(44)51(40)41-29-31-43(39-33-47(53(3)4)57(45)50(39)41)55(36-22-13-7-14-23-36)37-24-15-8-16-25-37/h5-33H,1-4H3. The van der Waals surface area contributed by atoms with Crippen LogP contribution in [0.3, 0.4) is 0 Å². The minimum Gasteiger partial charge on any atom is -0.364 e. The highest BCUT2D eigenvalue weighted by molar-refractivity contribution is 7.00. The molecule has 0 radical (unpaired) electrons. The van der Waals surface area contributed by atoms with E-state index in [1.165, 1.54) is 49.6 Å². The van der Waals surface area contributed by atoms with Gasteiger partial charge in [0.05, 0.1) is 22.4 Å². The van der Waals surface area contributed by atoms with Crippen LogP contribution in [0.2, 0.25) is 0 Å². The van der Waals surface area contributed by atoms with Crippen LogP contribution in [0.1, 0.15) is 0 Å². The molecule has 0 aliphatic carbocycles. The Hall–Kier alpha value is -7.12. The first-order valence-electron chi connectivity index (χ1n) is 19.6. The summed E-state index contributed by atoms with van der Waals surface area (Å²) in [6.45, 7) is 0.0305. The SMILES string of the molecule is CN(C)c1cc2c(N(c3ccccc3)c3ccccc3)ccc3c2n1-c1cccc2c1B3c1ccc(N(c3ccccc3)c3ccccc3)c3cc(N(C)C)n-2c13. The Morgan fingerprint density at radius 3 is 1.07 bits per heavy atom. The molecule has 57 heavy (non-hydrogen) atoms. The number of para-hydroxylation sites is 4. The van der Waals surface area contributed by atoms with Crippen LogP contribution in [0.15, 0.2) is 176 Å². The third-order valence-corrected chi connectivity index (χ3v) is 11.8. The molecule has 0 saturated heterocycles. The van der Waals surface area contributed by atoms with Crippen molar-refractivity contribution in [1.29, 1.82) is 0 Å². The lowest BCUT2D eigenvalue weighted by Crippen LogP contribution is -2.59. The van der Waals surface area contributed by atoms with E-state index >= 15 is 0 Å². The summed E-state index contributed by atoms with van der Waals surface area (Å²) in [5, 5.41) is 2.45. The second kappa shape index (κ2) is 12.7. The van der Waals surface area contributed by atoms with Gasteiger partial charge >= 0.3 is 0 Å². The summed E-state index contributed by atoms with van der Waals surface area (Å²) in [6, 6.07) is 64.2. The average Bonchev–Trinajstić information content (AvgIpc) is 3.86. The maximum atomic E-state index is 2.51. The van der Waals surface area contributed by atoms with Gasteiger partial charge in [-0.1, -0.05) is 91.0 Å². The van der Waals surface area contributed by atoms with Gasteiger partial charge in [0.25, 0.3) is 6.71 Å². The minimum absolute atomic E-state index is 0.0305. The molecule has 0 bridgehead atoms. The fourth-order valence-corrected chi connectivity index (χ4v) is 9.50. The smallest absolute Gasteiger partial charge is 0.252 e. The first-order valence-corrected chi connectivity index (χ1v) is 19.6. The molecule has 0 amide bonds. The summed E-state index contributed by atoms with van der Waals surface area (Å²) in [5.74, 6) is 2.30. The van der Waals surface area contributed by atoms with Gasteiger partial charge in [-0.3, -0.25) is 9.13 Å². The second-order valence-electron chi connectivity index (χ2n) is 15.5. The number of benzene rings is 7. The predicted molar refractivity (Wildman–Crippen MR) is 243 cm³/mol. The van der Waals surface area contributed by atoms with Crippen molar-refractivity contribution >= 4 is 90.7 Å². The number of aromatic nitrogens is 2. The quantitative estimate of drug-likeness (QED) is 0.145. The van der Waals surface area contributed by atoms with Crippen LogP contribution in [0.4, 0.5) is 45.8 Å². The number of rotatable bonds is 8. The first kappa shape index (κ1) is 33.2. The van der Waals surface area contributed by atoms with Crippen molar-refractivity contribution < 1.29 is 0 Å². The van der Waals surface area contributed by atoms with Crippen LogP contribution in [0, 0.1) is 0 Å².